The minimum atomic E-state index is -0.422. The van der Waals surface area contributed by atoms with Crippen LogP contribution in [-0.2, 0) is 14.3 Å². The fourth-order valence-corrected chi connectivity index (χ4v) is 5.53. The van der Waals surface area contributed by atoms with Gasteiger partial charge in [-0.15, -0.1) is 0 Å². The summed E-state index contributed by atoms with van der Waals surface area (Å²) in [5, 5.41) is 0. The van der Waals surface area contributed by atoms with Gasteiger partial charge in [0.1, 0.15) is 5.78 Å². The fourth-order valence-electron chi connectivity index (χ4n) is 5.53. The van der Waals surface area contributed by atoms with Crippen molar-refractivity contribution in [2.24, 2.45) is 40.2 Å². The zero-order chi connectivity index (χ0) is 16.1. The molecule has 0 aromatic heterocycles. The molecular weight excluding hydrogens is 278 g/mol. The predicted octanol–water partition coefficient (Wildman–Crippen LogP) is 2.55. The first-order valence-electron chi connectivity index (χ1n) is 8.63. The van der Waals surface area contributed by atoms with Crippen molar-refractivity contribution in [3.05, 3.63) is 0 Å². The van der Waals surface area contributed by atoms with Crippen molar-refractivity contribution in [2.75, 3.05) is 13.7 Å². The van der Waals surface area contributed by atoms with Crippen LogP contribution in [0.25, 0.3) is 0 Å². The molecule has 4 fully saturated rings. The van der Waals surface area contributed by atoms with E-state index in [4.69, 9.17) is 10.5 Å². The zero-order valence-electron chi connectivity index (χ0n) is 14.1. The number of hydrogen-bond acceptors (Lipinski definition) is 4. The molecule has 0 aliphatic heterocycles. The molecule has 22 heavy (non-hydrogen) atoms. The van der Waals surface area contributed by atoms with Crippen LogP contribution >= 0.6 is 0 Å². The van der Waals surface area contributed by atoms with E-state index in [0.717, 1.165) is 19.3 Å². The number of ketones is 1. The second-order valence-electron chi connectivity index (χ2n) is 8.62. The highest BCUT2D eigenvalue weighted by atomic mass is 16.5. The third-order valence-electron chi connectivity index (χ3n) is 6.77. The Morgan fingerprint density at radius 2 is 1.77 bits per heavy atom. The van der Waals surface area contributed by atoms with Crippen LogP contribution in [0.5, 0.6) is 0 Å². The average molecular weight is 307 g/mol. The largest absolute Gasteiger partial charge is 0.469 e. The van der Waals surface area contributed by atoms with Crippen LogP contribution < -0.4 is 5.73 Å². The van der Waals surface area contributed by atoms with Crippen LogP contribution in [0.1, 0.15) is 52.4 Å². The van der Waals surface area contributed by atoms with E-state index in [1.807, 2.05) is 13.8 Å². The van der Waals surface area contributed by atoms with Gasteiger partial charge in [-0.1, -0.05) is 13.8 Å². The first-order chi connectivity index (χ1) is 10.3. The summed E-state index contributed by atoms with van der Waals surface area (Å²) in [5.74, 6) is 2.42. The highest BCUT2D eigenvalue weighted by Gasteiger charge is 2.59. The summed E-state index contributed by atoms with van der Waals surface area (Å²) in [5.41, 5.74) is 5.09. The van der Waals surface area contributed by atoms with Crippen molar-refractivity contribution < 1.29 is 14.3 Å². The summed E-state index contributed by atoms with van der Waals surface area (Å²) in [6, 6.07) is 0. The van der Waals surface area contributed by atoms with Crippen LogP contribution in [0, 0.1) is 34.5 Å². The maximum Gasteiger partial charge on any atom is 0.311 e. The van der Waals surface area contributed by atoms with Crippen molar-refractivity contribution in [3.8, 4) is 0 Å². The van der Waals surface area contributed by atoms with Gasteiger partial charge < -0.3 is 10.5 Å². The second kappa shape index (κ2) is 5.33. The molecule has 0 aromatic carbocycles. The zero-order valence-corrected chi connectivity index (χ0v) is 14.1. The molecule has 0 amide bonds. The number of Topliss-reactive ketones (excluding diaryl/α,β-unsaturated/α-hetero) is 1. The number of carbonyl (C=O) groups is 2. The van der Waals surface area contributed by atoms with E-state index in [2.05, 4.69) is 0 Å². The molecule has 0 spiro atoms. The molecule has 2 N–H and O–H groups in total. The molecule has 4 aliphatic carbocycles. The minimum absolute atomic E-state index is 0.0148. The Morgan fingerprint density at radius 3 is 2.27 bits per heavy atom. The molecular formula is C18H29NO3. The molecule has 124 valence electrons. The molecule has 4 aliphatic rings. The van der Waals surface area contributed by atoms with Gasteiger partial charge in [-0.05, 0) is 55.8 Å². The SMILES string of the molecule is COC(=O)C12CC3CC(C1)C(CC(=O)C(C)(C)CN)C(C3)C2. The summed E-state index contributed by atoms with van der Waals surface area (Å²) in [4.78, 5) is 24.9. The maximum absolute atomic E-state index is 12.6. The Kier molecular flexibility index (Phi) is 3.87. The summed E-state index contributed by atoms with van der Waals surface area (Å²) < 4.78 is 5.10. The van der Waals surface area contributed by atoms with Crippen molar-refractivity contribution in [1.29, 1.82) is 0 Å². The Hall–Kier alpha value is -0.900. The van der Waals surface area contributed by atoms with Crippen LogP contribution in [0.4, 0.5) is 0 Å². The normalized spacial score (nSPS) is 39.8. The molecule has 0 heterocycles. The van der Waals surface area contributed by atoms with E-state index >= 15 is 0 Å². The first-order valence-corrected chi connectivity index (χ1v) is 8.63. The molecule has 4 heteroatoms. The maximum atomic E-state index is 12.6. The van der Waals surface area contributed by atoms with Gasteiger partial charge in [0.25, 0.3) is 0 Å². The van der Waals surface area contributed by atoms with Gasteiger partial charge in [0.15, 0.2) is 0 Å². The van der Waals surface area contributed by atoms with Crippen LogP contribution in [0.15, 0.2) is 0 Å². The molecule has 4 bridgehead atoms. The van der Waals surface area contributed by atoms with Crippen molar-refractivity contribution in [2.45, 2.75) is 52.4 Å². The number of nitrogens with two attached hydrogens (primary N) is 1. The third kappa shape index (κ3) is 2.40. The Balaban J connectivity index is 1.76. The van der Waals surface area contributed by atoms with E-state index in [1.54, 1.807) is 0 Å². The van der Waals surface area contributed by atoms with Crippen molar-refractivity contribution in [1.82, 2.24) is 0 Å². The van der Waals surface area contributed by atoms with Gasteiger partial charge in [-0.2, -0.15) is 0 Å². The average Bonchev–Trinajstić information content (AvgIpc) is 2.49. The van der Waals surface area contributed by atoms with E-state index in [-0.39, 0.29) is 11.4 Å². The van der Waals surface area contributed by atoms with E-state index in [0.29, 0.717) is 42.4 Å². The number of esters is 1. The minimum Gasteiger partial charge on any atom is -0.469 e. The molecule has 0 saturated heterocycles. The van der Waals surface area contributed by atoms with Crippen molar-refractivity contribution >= 4 is 11.8 Å². The number of methoxy groups -OCH3 is 1. The quantitative estimate of drug-likeness (QED) is 0.793. The first kappa shape index (κ1) is 16.0. The molecule has 0 radical (unpaired) electrons. The molecule has 4 saturated carbocycles. The summed E-state index contributed by atoms with van der Waals surface area (Å²) >= 11 is 0. The van der Waals surface area contributed by atoms with Crippen molar-refractivity contribution in [3.63, 3.8) is 0 Å². The number of carbonyl (C=O) groups excluding carboxylic acids is 2. The van der Waals surface area contributed by atoms with E-state index in [9.17, 15) is 9.59 Å². The Bertz CT molecular complexity index is 469. The van der Waals surface area contributed by atoms with E-state index < -0.39 is 5.41 Å². The predicted molar refractivity (Wildman–Crippen MR) is 84.0 cm³/mol. The topological polar surface area (TPSA) is 69.4 Å². The van der Waals surface area contributed by atoms with Crippen LogP contribution in [-0.4, -0.2) is 25.4 Å². The summed E-state index contributed by atoms with van der Waals surface area (Å²) in [6.45, 7) is 4.30. The van der Waals surface area contributed by atoms with Crippen LogP contribution in [0.2, 0.25) is 0 Å². The Morgan fingerprint density at radius 1 is 1.18 bits per heavy atom. The lowest BCUT2D eigenvalue weighted by Gasteiger charge is -2.58. The molecule has 4 nitrogen and oxygen atoms in total. The summed E-state index contributed by atoms with van der Waals surface area (Å²) in [6.07, 6.45) is 5.87. The van der Waals surface area contributed by atoms with E-state index in [1.165, 1.54) is 20.0 Å². The molecule has 0 aromatic rings. The second-order valence-corrected chi connectivity index (χ2v) is 8.62. The third-order valence-corrected chi connectivity index (χ3v) is 6.77. The van der Waals surface area contributed by atoms with Gasteiger partial charge in [-0.3, -0.25) is 9.59 Å². The fraction of sp³-hybridized carbons (Fsp3) is 0.889. The lowest BCUT2D eigenvalue weighted by molar-refractivity contribution is -0.175. The molecule has 2 atom stereocenters. The smallest absolute Gasteiger partial charge is 0.311 e. The van der Waals surface area contributed by atoms with Gasteiger partial charge in [-0.25, -0.2) is 0 Å². The summed E-state index contributed by atoms with van der Waals surface area (Å²) in [7, 11) is 1.51. The lowest BCUT2D eigenvalue weighted by Crippen LogP contribution is -2.55. The molecule has 2 unspecified atom stereocenters. The highest BCUT2D eigenvalue weighted by molar-refractivity contribution is 5.84. The highest BCUT2D eigenvalue weighted by Crippen LogP contribution is 2.63. The van der Waals surface area contributed by atoms with Gasteiger partial charge in [0.2, 0.25) is 0 Å². The Labute approximate surface area is 133 Å². The lowest BCUT2D eigenvalue weighted by atomic mass is 9.45. The monoisotopic (exact) mass is 307 g/mol. The van der Waals surface area contributed by atoms with Gasteiger partial charge in [0, 0.05) is 18.4 Å². The van der Waals surface area contributed by atoms with Crippen LogP contribution in [0.3, 0.4) is 0 Å². The standard InChI is InChI=1S/C18H29NO3/c1-17(2,10-19)15(20)6-14-12-4-11-5-13(14)9-18(7-11,8-12)16(21)22-3/h11-14H,4-10,19H2,1-3H3. The molecule has 4 rings (SSSR count). The number of hydrogen-bond donors (Lipinski definition) is 1. The van der Waals surface area contributed by atoms with Gasteiger partial charge in [0.05, 0.1) is 12.5 Å². The number of rotatable bonds is 5. The van der Waals surface area contributed by atoms with Gasteiger partial charge >= 0.3 is 5.97 Å². The number of ether oxygens (including phenoxy) is 1.